The maximum Gasteiger partial charge on any atom is 0.120 e. The van der Waals surface area contributed by atoms with Gasteiger partial charge < -0.3 is 10.1 Å². The lowest BCUT2D eigenvalue weighted by molar-refractivity contribution is 0.242. The third-order valence-corrected chi connectivity index (χ3v) is 2.90. The lowest BCUT2D eigenvalue weighted by Gasteiger charge is -2.12. The molecule has 0 bridgehead atoms. The van der Waals surface area contributed by atoms with Gasteiger partial charge in [-0.1, -0.05) is 22.9 Å². The maximum absolute atomic E-state index is 5.67. The summed E-state index contributed by atoms with van der Waals surface area (Å²) in [7, 11) is 0. The van der Waals surface area contributed by atoms with Gasteiger partial charge in [-0.3, -0.25) is 0 Å². The highest BCUT2D eigenvalue weighted by Crippen LogP contribution is 2.23. The minimum atomic E-state index is 0.220. The molecular weight excluding hydrogens is 266 g/mol. The monoisotopic (exact) mass is 285 g/mol. The van der Waals surface area contributed by atoms with Crippen LogP contribution in [0, 0.1) is 0 Å². The summed E-state index contributed by atoms with van der Waals surface area (Å²) in [5.41, 5.74) is 1.24. The molecule has 2 nitrogen and oxygen atoms in total. The Morgan fingerprint density at radius 1 is 1.38 bits per heavy atom. The lowest BCUT2D eigenvalue weighted by atomic mass is 10.2. The van der Waals surface area contributed by atoms with Gasteiger partial charge >= 0.3 is 0 Å². The molecule has 0 aliphatic rings. The molecule has 1 N–H and O–H groups in total. The van der Waals surface area contributed by atoms with Crippen LogP contribution in [-0.2, 0) is 6.54 Å². The first-order valence-corrected chi connectivity index (χ1v) is 6.58. The van der Waals surface area contributed by atoms with Crippen LogP contribution < -0.4 is 10.1 Å². The molecule has 16 heavy (non-hydrogen) atoms. The van der Waals surface area contributed by atoms with Crippen molar-refractivity contribution in [2.45, 2.75) is 39.8 Å². The van der Waals surface area contributed by atoms with E-state index in [1.807, 2.05) is 26.0 Å². The SMILES string of the molecule is CCCNCc1cc(OC(C)C)ccc1Br. The normalized spacial score (nSPS) is 10.8. The van der Waals surface area contributed by atoms with E-state index in [9.17, 15) is 0 Å². The third-order valence-electron chi connectivity index (χ3n) is 2.13. The zero-order valence-electron chi connectivity index (χ0n) is 10.2. The largest absolute Gasteiger partial charge is 0.491 e. The van der Waals surface area contributed by atoms with Crippen molar-refractivity contribution < 1.29 is 4.74 Å². The number of ether oxygens (including phenoxy) is 1. The van der Waals surface area contributed by atoms with Crippen LogP contribution in [0.1, 0.15) is 32.8 Å². The number of benzene rings is 1. The smallest absolute Gasteiger partial charge is 0.120 e. The van der Waals surface area contributed by atoms with E-state index in [1.54, 1.807) is 0 Å². The Bertz CT molecular complexity index is 326. The second-order valence-electron chi connectivity index (χ2n) is 4.10. The summed E-state index contributed by atoms with van der Waals surface area (Å²) < 4.78 is 6.80. The molecule has 1 rings (SSSR count). The Hall–Kier alpha value is -0.540. The highest BCUT2D eigenvalue weighted by atomic mass is 79.9. The summed E-state index contributed by atoms with van der Waals surface area (Å²) in [5.74, 6) is 0.937. The Labute approximate surface area is 107 Å². The molecule has 90 valence electrons. The molecule has 1 aromatic carbocycles. The Morgan fingerprint density at radius 3 is 2.75 bits per heavy atom. The van der Waals surface area contributed by atoms with Crippen molar-refractivity contribution in [2.24, 2.45) is 0 Å². The molecule has 3 heteroatoms. The predicted octanol–water partition coefficient (Wildman–Crippen LogP) is 3.74. The fourth-order valence-corrected chi connectivity index (χ4v) is 1.82. The number of rotatable bonds is 6. The zero-order chi connectivity index (χ0) is 12.0. The van der Waals surface area contributed by atoms with Crippen molar-refractivity contribution in [3.63, 3.8) is 0 Å². The van der Waals surface area contributed by atoms with Crippen LogP contribution in [0.5, 0.6) is 5.75 Å². The van der Waals surface area contributed by atoms with Crippen molar-refractivity contribution in [1.29, 1.82) is 0 Å². The van der Waals surface area contributed by atoms with Crippen LogP contribution >= 0.6 is 15.9 Å². The summed E-state index contributed by atoms with van der Waals surface area (Å²) in [4.78, 5) is 0. The van der Waals surface area contributed by atoms with E-state index in [1.165, 1.54) is 5.56 Å². The number of hydrogen-bond donors (Lipinski definition) is 1. The summed E-state index contributed by atoms with van der Waals surface area (Å²) in [6.07, 6.45) is 1.37. The van der Waals surface area contributed by atoms with Gasteiger partial charge in [-0.2, -0.15) is 0 Å². The predicted molar refractivity (Wildman–Crippen MR) is 71.9 cm³/mol. The fourth-order valence-electron chi connectivity index (χ4n) is 1.43. The second kappa shape index (κ2) is 6.92. The molecule has 0 saturated heterocycles. The second-order valence-corrected chi connectivity index (χ2v) is 4.95. The number of halogens is 1. The molecular formula is C13H20BrNO. The molecule has 0 radical (unpaired) electrons. The van der Waals surface area contributed by atoms with Gasteiger partial charge in [-0.25, -0.2) is 0 Å². The summed E-state index contributed by atoms with van der Waals surface area (Å²) in [5, 5.41) is 3.39. The molecule has 0 aliphatic carbocycles. The van der Waals surface area contributed by atoms with E-state index in [4.69, 9.17) is 4.74 Å². The Kier molecular flexibility index (Phi) is 5.85. The fraction of sp³-hybridized carbons (Fsp3) is 0.538. The molecule has 0 aromatic heterocycles. The van der Waals surface area contributed by atoms with E-state index in [0.717, 1.165) is 29.7 Å². The molecule has 0 aliphatic heterocycles. The highest BCUT2D eigenvalue weighted by molar-refractivity contribution is 9.10. The van der Waals surface area contributed by atoms with Gasteiger partial charge in [-0.05, 0) is 50.6 Å². The van der Waals surface area contributed by atoms with Crippen molar-refractivity contribution in [2.75, 3.05) is 6.54 Å². The summed E-state index contributed by atoms with van der Waals surface area (Å²) >= 11 is 3.55. The Morgan fingerprint density at radius 2 is 2.12 bits per heavy atom. The van der Waals surface area contributed by atoms with E-state index < -0.39 is 0 Å². The van der Waals surface area contributed by atoms with Gasteiger partial charge in [0.2, 0.25) is 0 Å². The summed E-state index contributed by atoms with van der Waals surface area (Å²) in [6.45, 7) is 8.17. The topological polar surface area (TPSA) is 21.3 Å². The average molecular weight is 286 g/mol. The standard InChI is InChI=1S/C13H20BrNO/c1-4-7-15-9-11-8-12(16-10(2)3)5-6-13(11)14/h5-6,8,10,15H,4,7,9H2,1-3H3. The zero-order valence-corrected chi connectivity index (χ0v) is 11.8. The van der Waals surface area contributed by atoms with Crippen molar-refractivity contribution >= 4 is 15.9 Å². The minimum absolute atomic E-state index is 0.220. The molecule has 0 saturated carbocycles. The first kappa shape index (κ1) is 13.5. The molecule has 0 heterocycles. The third kappa shape index (κ3) is 4.54. The van der Waals surface area contributed by atoms with Crippen LogP contribution in [0.3, 0.4) is 0 Å². The molecule has 0 spiro atoms. The first-order chi connectivity index (χ1) is 7.63. The van der Waals surface area contributed by atoms with E-state index in [-0.39, 0.29) is 6.10 Å². The molecule has 0 atom stereocenters. The molecule has 0 unspecified atom stereocenters. The Balaban J connectivity index is 2.66. The van der Waals surface area contributed by atoms with Crippen molar-refractivity contribution in [3.05, 3.63) is 28.2 Å². The van der Waals surface area contributed by atoms with Crippen LogP contribution in [-0.4, -0.2) is 12.6 Å². The van der Waals surface area contributed by atoms with E-state index in [0.29, 0.717) is 0 Å². The summed E-state index contributed by atoms with van der Waals surface area (Å²) in [6, 6.07) is 6.13. The van der Waals surface area contributed by atoms with Crippen molar-refractivity contribution in [3.8, 4) is 5.75 Å². The molecule has 1 aromatic rings. The highest BCUT2D eigenvalue weighted by Gasteiger charge is 2.03. The average Bonchev–Trinajstić information content (AvgIpc) is 2.22. The van der Waals surface area contributed by atoms with Gasteiger partial charge in [-0.15, -0.1) is 0 Å². The van der Waals surface area contributed by atoms with Crippen LogP contribution in [0.2, 0.25) is 0 Å². The van der Waals surface area contributed by atoms with E-state index in [2.05, 4.69) is 34.2 Å². The van der Waals surface area contributed by atoms with E-state index >= 15 is 0 Å². The van der Waals surface area contributed by atoms with Gasteiger partial charge in [0.05, 0.1) is 6.10 Å². The van der Waals surface area contributed by atoms with Gasteiger partial charge in [0.15, 0.2) is 0 Å². The number of hydrogen-bond acceptors (Lipinski definition) is 2. The van der Waals surface area contributed by atoms with Crippen LogP contribution in [0.25, 0.3) is 0 Å². The van der Waals surface area contributed by atoms with Gasteiger partial charge in [0.1, 0.15) is 5.75 Å². The quantitative estimate of drug-likeness (QED) is 0.804. The van der Waals surface area contributed by atoms with Crippen LogP contribution in [0.15, 0.2) is 22.7 Å². The van der Waals surface area contributed by atoms with Crippen molar-refractivity contribution in [1.82, 2.24) is 5.32 Å². The minimum Gasteiger partial charge on any atom is -0.491 e. The lowest BCUT2D eigenvalue weighted by Crippen LogP contribution is -2.14. The molecule has 0 fully saturated rings. The first-order valence-electron chi connectivity index (χ1n) is 5.79. The molecule has 0 amide bonds. The number of nitrogens with one attached hydrogen (secondary N) is 1. The van der Waals surface area contributed by atoms with Gasteiger partial charge in [0.25, 0.3) is 0 Å². The van der Waals surface area contributed by atoms with Crippen LogP contribution in [0.4, 0.5) is 0 Å². The van der Waals surface area contributed by atoms with Gasteiger partial charge in [0, 0.05) is 11.0 Å². The maximum atomic E-state index is 5.67.